The normalized spacial score (nSPS) is 23.3. The van der Waals surface area contributed by atoms with E-state index < -0.39 is 0 Å². The van der Waals surface area contributed by atoms with Crippen molar-refractivity contribution >= 4 is 5.91 Å². The fraction of sp³-hybridized carbons (Fsp3) is 0.625. The van der Waals surface area contributed by atoms with Crippen molar-refractivity contribution in [1.29, 1.82) is 0 Å². The number of ether oxygens (including phenoxy) is 1. The van der Waals surface area contributed by atoms with Gasteiger partial charge in [-0.15, -0.1) is 6.58 Å². The standard InChI is InChI=1S/C8H13NO2/c1-2-5-11-6-7-3-4-8(10)9-7/h2,7H,1,3-6H2,(H,9,10)/t7-/m0/s1. The molecular formula is C8H13NO2. The van der Waals surface area contributed by atoms with Crippen LogP contribution in [0, 0.1) is 0 Å². The van der Waals surface area contributed by atoms with Crippen molar-refractivity contribution < 1.29 is 9.53 Å². The molecule has 0 aromatic rings. The van der Waals surface area contributed by atoms with E-state index in [1.54, 1.807) is 6.08 Å². The summed E-state index contributed by atoms with van der Waals surface area (Å²) in [5.74, 6) is 0.136. The molecule has 0 aromatic heterocycles. The molecule has 1 saturated heterocycles. The average molecular weight is 155 g/mol. The van der Waals surface area contributed by atoms with Gasteiger partial charge in [0.2, 0.25) is 5.91 Å². The van der Waals surface area contributed by atoms with Gasteiger partial charge in [-0.05, 0) is 6.42 Å². The Morgan fingerprint density at radius 2 is 2.64 bits per heavy atom. The molecule has 0 spiro atoms. The third-order valence-corrected chi connectivity index (χ3v) is 1.64. The molecule has 0 aliphatic carbocycles. The molecule has 3 nitrogen and oxygen atoms in total. The van der Waals surface area contributed by atoms with Crippen molar-refractivity contribution in [2.24, 2.45) is 0 Å². The Morgan fingerprint density at radius 3 is 3.18 bits per heavy atom. The highest BCUT2D eigenvalue weighted by atomic mass is 16.5. The zero-order valence-electron chi connectivity index (χ0n) is 6.51. The van der Waals surface area contributed by atoms with Gasteiger partial charge in [-0.25, -0.2) is 0 Å². The predicted molar refractivity (Wildman–Crippen MR) is 42.2 cm³/mol. The van der Waals surface area contributed by atoms with Crippen LogP contribution in [0.2, 0.25) is 0 Å². The number of hydrogen-bond acceptors (Lipinski definition) is 2. The Kier molecular flexibility index (Phi) is 3.11. The average Bonchev–Trinajstić information content (AvgIpc) is 2.37. The monoisotopic (exact) mass is 155 g/mol. The van der Waals surface area contributed by atoms with Crippen molar-refractivity contribution in [3.8, 4) is 0 Å². The van der Waals surface area contributed by atoms with Crippen molar-refractivity contribution in [1.82, 2.24) is 5.32 Å². The van der Waals surface area contributed by atoms with Crippen LogP contribution in [0.4, 0.5) is 0 Å². The van der Waals surface area contributed by atoms with E-state index in [1.165, 1.54) is 0 Å². The highest BCUT2D eigenvalue weighted by Gasteiger charge is 2.19. The van der Waals surface area contributed by atoms with Crippen molar-refractivity contribution in [3.05, 3.63) is 12.7 Å². The number of carbonyl (C=O) groups excluding carboxylic acids is 1. The summed E-state index contributed by atoms with van der Waals surface area (Å²) in [5.41, 5.74) is 0. The van der Waals surface area contributed by atoms with Crippen LogP contribution in [0.3, 0.4) is 0 Å². The van der Waals surface area contributed by atoms with Crippen LogP contribution < -0.4 is 5.32 Å². The van der Waals surface area contributed by atoms with Crippen LogP contribution in [-0.4, -0.2) is 25.2 Å². The van der Waals surface area contributed by atoms with E-state index in [9.17, 15) is 4.79 Å². The minimum atomic E-state index is 0.136. The molecule has 1 atom stereocenters. The maximum atomic E-state index is 10.7. The van der Waals surface area contributed by atoms with Crippen LogP contribution in [0.1, 0.15) is 12.8 Å². The van der Waals surface area contributed by atoms with Gasteiger partial charge < -0.3 is 10.1 Å². The van der Waals surface area contributed by atoms with Crippen LogP contribution in [0.15, 0.2) is 12.7 Å². The first-order chi connectivity index (χ1) is 5.33. The molecule has 1 aliphatic heterocycles. The number of nitrogens with one attached hydrogen (secondary N) is 1. The summed E-state index contributed by atoms with van der Waals surface area (Å²) in [6.07, 6.45) is 3.24. The predicted octanol–water partition coefficient (Wildman–Crippen LogP) is 0.468. The summed E-state index contributed by atoms with van der Waals surface area (Å²) in [4.78, 5) is 10.7. The molecule has 62 valence electrons. The molecule has 1 aliphatic rings. The molecule has 0 radical (unpaired) electrons. The molecule has 1 rings (SSSR count). The Morgan fingerprint density at radius 1 is 1.82 bits per heavy atom. The largest absolute Gasteiger partial charge is 0.375 e. The van der Waals surface area contributed by atoms with Crippen LogP contribution in [0.25, 0.3) is 0 Å². The molecular weight excluding hydrogens is 142 g/mol. The van der Waals surface area contributed by atoms with E-state index in [0.29, 0.717) is 19.6 Å². The second-order valence-electron chi connectivity index (χ2n) is 2.63. The Balaban J connectivity index is 2.08. The summed E-state index contributed by atoms with van der Waals surface area (Å²) in [6.45, 7) is 4.70. The zero-order chi connectivity index (χ0) is 8.10. The quantitative estimate of drug-likeness (QED) is 0.473. The van der Waals surface area contributed by atoms with Gasteiger partial charge in [0.25, 0.3) is 0 Å². The number of amides is 1. The first-order valence-corrected chi connectivity index (χ1v) is 3.81. The summed E-state index contributed by atoms with van der Waals surface area (Å²) in [6, 6.07) is 0.224. The first kappa shape index (κ1) is 8.27. The zero-order valence-corrected chi connectivity index (χ0v) is 6.51. The molecule has 0 saturated carbocycles. The van der Waals surface area contributed by atoms with Gasteiger partial charge in [0, 0.05) is 6.42 Å². The molecule has 11 heavy (non-hydrogen) atoms. The van der Waals surface area contributed by atoms with Crippen LogP contribution in [-0.2, 0) is 9.53 Å². The Bertz CT molecular complexity index is 156. The summed E-state index contributed by atoms with van der Waals surface area (Å²) < 4.78 is 5.18. The highest BCUT2D eigenvalue weighted by Crippen LogP contribution is 2.06. The third-order valence-electron chi connectivity index (χ3n) is 1.64. The topological polar surface area (TPSA) is 38.3 Å². The number of carbonyl (C=O) groups is 1. The van der Waals surface area contributed by atoms with E-state index >= 15 is 0 Å². The van der Waals surface area contributed by atoms with Crippen molar-refractivity contribution in [3.63, 3.8) is 0 Å². The molecule has 1 fully saturated rings. The second kappa shape index (κ2) is 4.13. The highest BCUT2D eigenvalue weighted by molar-refractivity contribution is 5.78. The van der Waals surface area contributed by atoms with E-state index in [2.05, 4.69) is 11.9 Å². The minimum Gasteiger partial charge on any atom is -0.375 e. The molecule has 1 heterocycles. The van der Waals surface area contributed by atoms with E-state index in [4.69, 9.17) is 4.74 Å². The fourth-order valence-corrected chi connectivity index (χ4v) is 1.10. The molecule has 3 heteroatoms. The van der Waals surface area contributed by atoms with Crippen molar-refractivity contribution in [2.45, 2.75) is 18.9 Å². The lowest BCUT2D eigenvalue weighted by atomic mass is 10.2. The van der Waals surface area contributed by atoms with Gasteiger partial charge in [0.05, 0.1) is 19.3 Å². The minimum absolute atomic E-state index is 0.136. The molecule has 1 N–H and O–H groups in total. The van der Waals surface area contributed by atoms with E-state index in [0.717, 1.165) is 6.42 Å². The van der Waals surface area contributed by atoms with Crippen LogP contribution in [0.5, 0.6) is 0 Å². The number of hydrogen-bond donors (Lipinski definition) is 1. The summed E-state index contributed by atoms with van der Waals surface area (Å²) in [7, 11) is 0. The van der Waals surface area contributed by atoms with Crippen molar-refractivity contribution in [2.75, 3.05) is 13.2 Å². The third kappa shape index (κ3) is 2.72. The van der Waals surface area contributed by atoms with E-state index in [-0.39, 0.29) is 11.9 Å². The molecule has 1 amide bonds. The van der Waals surface area contributed by atoms with Crippen LogP contribution >= 0.6 is 0 Å². The van der Waals surface area contributed by atoms with Gasteiger partial charge in [-0.3, -0.25) is 4.79 Å². The second-order valence-corrected chi connectivity index (χ2v) is 2.63. The fourth-order valence-electron chi connectivity index (χ4n) is 1.10. The smallest absolute Gasteiger partial charge is 0.220 e. The molecule has 0 bridgehead atoms. The van der Waals surface area contributed by atoms with Gasteiger partial charge in [0.1, 0.15) is 0 Å². The lowest BCUT2D eigenvalue weighted by Gasteiger charge is -2.08. The lowest BCUT2D eigenvalue weighted by Crippen LogP contribution is -2.29. The maximum absolute atomic E-state index is 10.7. The Hall–Kier alpha value is -0.830. The van der Waals surface area contributed by atoms with Gasteiger partial charge in [-0.1, -0.05) is 6.08 Å². The van der Waals surface area contributed by atoms with Gasteiger partial charge in [-0.2, -0.15) is 0 Å². The maximum Gasteiger partial charge on any atom is 0.220 e. The van der Waals surface area contributed by atoms with Gasteiger partial charge >= 0.3 is 0 Å². The number of rotatable bonds is 4. The van der Waals surface area contributed by atoms with Gasteiger partial charge in [0.15, 0.2) is 0 Å². The summed E-state index contributed by atoms with van der Waals surface area (Å²) in [5, 5.41) is 2.81. The Labute approximate surface area is 66.4 Å². The molecule has 0 unspecified atom stereocenters. The molecule has 0 aromatic carbocycles. The van der Waals surface area contributed by atoms with E-state index in [1.807, 2.05) is 0 Å². The lowest BCUT2D eigenvalue weighted by molar-refractivity contribution is -0.119. The first-order valence-electron chi connectivity index (χ1n) is 3.81. The SMILES string of the molecule is C=CCOC[C@@H]1CCC(=O)N1. The summed E-state index contributed by atoms with van der Waals surface area (Å²) >= 11 is 0.